The number of hydrogen-bond donors (Lipinski definition) is 1. The van der Waals surface area contributed by atoms with Crippen LogP contribution in [0.3, 0.4) is 0 Å². The number of hydrogen-bond acceptors (Lipinski definition) is 6. The molecule has 3 heterocycles. The van der Waals surface area contributed by atoms with Gasteiger partial charge in [-0.2, -0.15) is 0 Å². The summed E-state index contributed by atoms with van der Waals surface area (Å²) >= 11 is 0. The third-order valence-electron chi connectivity index (χ3n) is 5.52. The lowest BCUT2D eigenvalue weighted by Crippen LogP contribution is -2.35. The number of aliphatic hydroxyl groups excluding tert-OH is 1. The van der Waals surface area contributed by atoms with Crippen LogP contribution in [0.4, 0.5) is 0 Å². The highest BCUT2D eigenvalue weighted by atomic mass is 16.5. The van der Waals surface area contributed by atoms with Crippen LogP contribution in [0.15, 0.2) is 48.3 Å². The van der Waals surface area contributed by atoms with E-state index in [1.165, 1.54) is 4.90 Å². The van der Waals surface area contributed by atoms with Gasteiger partial charge in [0.1, 0.15) is 17.6 Å². The van der Waals surface area contributed by atoms with Crippen molar-refractivity contribution in [3.8, 4) is 5.75 Å². The van der Waals surface area contributed by atoms with Gasteiger partial charge in [-0.3, -0.25) is 14.6 Å². The Balaban J connectivity index is 1.80. The fourth-order valence-corrected chi connectivity index (χ4v) is 4.04. The zero-order chi connectivity index (χ0) is 21.4. The Morgan fingerprint density at radius 1 is 1.23 bits per heavy atom. The number of nitrogens with zero attached hydrogens (tertiary/aromatic N) is 3. The second-order valence-corrected chi connectivity index (χ2v) is 8.03. The van der Waals surface area contributed by atoms with Crippen molar-refractivity contribution in [3.63, 3.8) is 0 Å². The summed E-state index contributed by atoms with van der Waals surface area (Å²) in [6, 6.07) is 8.25. The Hall–Kier alpha value is -3.19. The molecule has 2 aromatic rings. The predicted molar refractivity (Wildman–Crippen MR) is 112 cm³/mol. The van der Waals surface area contributed by atoms with Crippen LogP contribution in [-0.4, -0.2) is 64.9 Å². The van der Waals surface area contributed by atoms with Crippen LogP contribution in [0.2, 0.25) is 0 Å². The average molecular weight is 407 g/mol. The standard InChI is InChI=1S/C23H25N3O4/c1-14-12-17-13-16(4-5-18(17)30-14)21(27)19-20(15-6-8-24-9-7-15)26(11-10-25(2)3)23(29)22(19)28/h4-9,13-14,20,27H,10-12H2,1-3H3/b21-19+. The summed E-state index contributed by atoms with van der Waals surface area (Å²) in [6.07, 6.45) is 4.05. The normalized spacial score (nSPS) is 22.5. The third-order valence-corrected chi connectivity index (χ3v) is 5.52. The van der Waals surface area contributed by atoms with Gasteiger partial charge in [-0.05, 0) is 62.5 Å². The first-order valence-electron chi connectivity index (χ1n) is 10.00. The largest absolute Gasteiger partial charge is 0.507 e. The summed E-state index contributed by atoms with van der Waals surface area (Å²) in [5, 5.41) is 11.1. The van der Waals surface area contributed by atoms with E-state index < -0.39 is 17.7 Å². The number of Topliss-reactive ketones (excluding diaryl/α,β-unsaturated/α-hetero) is 1. The van der Waals surface area contributed by atoms with Crippen LogP contribution in [0.25, 0.3) is 5.76 Å². The van der Waals surface area contributed by atoms with Gasteiger partial charge in [0.15, 0.2) is 0 Å². The fraction of sp³-hybridized carbons (Fsp3) is 0.348. The van der Waals surface area contributed by atoms with E-state index in [0.717, 1.165) is 23.3 Å². The van der Waals surface area contributed by atoms with Crippen molar-refractivity contribution in [2.75, 3.05) is 27.2 Å². The number of amides is 1. The first-order valence-corrected chi connectivity index (χ1v) is 10.00. The third kappa shape index (κ3) is 3.57. The first-order chi connectivity index (χ1) is 14.4. The predicted octanol–water partition coefficient (Wildman–Crippen LogP) is 2.39. The minimum absolute atomic E-state index is 0.0748. The lowest BCUT2D eigenvalue weighted by atomic mass is 9.95. The van der Waals surface area contributed by atoms with Crippen molar-refractivity contribution in [1.82, 2.24) is 14.8 Å². The minimum atomic E-state index is -0.668. The van der Waals surface area contributed by atoms with E-state index in [-0.39, 0.29) is 17.4 Å². The number of ketones is 1. The number of pyridine rings is 1. The van der Waals surface area contributed by atoms with E-state index in [9.17, 15) is 14.7 Å². The number of aliphatic hydroxyl groups is 1. The Labute approximate surface area is 175 Å². The van der Waals surface area contributed by atoms with E-state index in [1.807, 2.05) is 32.0 Å². The highest BCUT2D eigenvalue weighted by Crippen LogP contribution is 2.40. The average Bonchev–Trinajstić information content (AvgIpc) is 3.22. The van der Waals surface area contributed by atoms with E-state index in [1.54, 1.807) is 36.7 Å². The van der Waals surface area contributed by atoms with Gasteiger partial charge in [-0.25, -0.2) is 0 Å². The van der Waals surface area contributed by atoms with Crippen LogP contribution in [0.1, 0.15) is 29.7 Å². The highest BCUT2D eigenvalue weighted by Gasteiger charge is 2.46. The summed E-state index contributed by atoms with van der Waals surface area (Å²) in [6.45, 7) is 2.96. The van der Waals surface area contributed by atoms with E-state index in [2.05, 4.69) is 4.98 Å². The second-order valence-electron chi connectivity index (χ2n) is 8.03. The van der Waals surface area contributed by atoms with Crippen molar-refractivity contribution in [2.45, 2.75) is 25.5 Å². The Bertz CT molecular complexity index is 1020. The maximum atomic E-state index is 13.0. The molecule has 1 aromatic carbocycles. The lowest BCUT2D eigenvalue weighted by Gasteiger charge is -2.26. The fourth-order valence-electron chi connectivity index (χ4n) is 4.04. The summed E-state index contributed by atoms with van der Waals surface area (Å²) in [4.78, 5) is 33.4. The molecule has 4 rings (SSSR count). The smallest absolute Gasteiger partial charge is 0.295 e. The Kier molecular flexibility index (Phi) is 5.30. The number of aromatic nitrogens is 1. The van der Waals surface area contributed by atoms with Crippen molar-refractivity contribution in [3.05, 3.63) is 65.0 Å². The molecule has 1 saturated heterocycles. The van der Waals surface area contributed by atoms with Gasteiger partial charge < -0.3 is 19.6 Å². The molecular weight excluding hydrogens is 382 g/mol. The van der Waals surface area contributed by atoms with Gasteiger partial charge in [0.25, 0.3) is 11.7 Å². The monoisotopic (exact) mass is 407 g/mol. The van der Waals surface area contributed by atoms with Crippen LogP contribution in [0, 0.1) is 0 Å². The number of ether oxygens (including phenoxy) is 1. The van der Waals surface area contributed by atoms with Crippen LogP contribution >= 0.6 is 0 Å². The summed E-state index contributed by atoms with van der Waals surface area (Å²) in [5.74, 6) is -0.641. The molecule has 0 saturated carbocycles. The second kappa shape index (κ2) is 7.91. The zero-order valence-corrected chi connectivity index (χ0v) is 17.3. The maximum Gasteiger partial charge on any atom is 0.295 e. The van der Waals surface area contributed by atoms with Gasteiger partial charge in [0, 0.05) is 37.5 Å². The molecule has 1 fully saturated rings. The molecule has 0 bridgehead atoms. The molecule has 0 radical (unpaired) electrons. The first kappa shape index (κ1) is 20.1. The van der Waals surface area contributed by atoms with Gasteiger partial charge in [0.05, 0.1) is 11.6 Å². The summed E-state index contributed by atoms with van der Waals surface area (Å²) < 4.78 is 5.73. The summed E-state index contributed by atoms with van der Waals surface area (Å²) in [5.41, 5.74) is 2.34. The van der Waals surface area contributed by atoms with Gasteiger partial charge in [0.2, 0.25) is 0 Å². The molecule has 1 N–H and O–H groups in total. The van der Waals surface area contributed by atoms with Crippen LogP contribution in [-0.2, 0) is 16.0 Å². The van der Waals surface area contributed by atoms with E-state index in [4.69, 9.17) is 4.74 Å². The molecule has 156 valence electrons. The zero-order valence-electron chi connectivity index (χ0n) is 17.3. The van der Waals surface area contributed by atoms with Gasteiger partial charge in [-0.1, -0.05) is 0 Å². The Morgan fingerprint density at radius 2 is 1.97 bits per heavy atom. The molecule has 2 atom stereocenters. The van der Waals surface area contributed by atoms with E-state index >= 15 is 0 Å². The van der Waals surface area contributed by atoms with E-state index in [0.29, 0.717) is 18.7 Å². The molecule has 2 aliphatic heterocycles. The number of carbonyl (C=O) groups excluding carboxylic acids is 2. The van der Waals surface area contributed by atoms with Crippen molar-refractivity contribution < 1.29 is 19.4 Å². The van der Waals surface area contributed by atoms with Gasteiger partial charge in [-0.15, -0.1) is 0 Å². The number of likely N-dealkylation sites (tertiary alicyclic amines) is 1. The molecule has 2 unspecified atom stereocenters. The van der Waals surface area contributed by atoms with Crippen LogP contribution in [0.5, 0.6) is 5.75 Å². The molecule has 7 nitrogen and oxygen atoms in total. The minimum Gasteiger partial charge on any atom is -0.507 e. The van der Waals surface area contributed by atoms with Gasteiger partial charge >= 0.3 is 0 Å². The number of rotatable bonds is 5. The quantitative estimate of drug-likeness (QED) is 0.466. The summed E-state index contributed by atoms with van der Waals surface area (Å²) in [7, 11) is 3.82. The molecule has 7 heteroatoms. The molecule has 1 aromatic heterocycles. The number of fused-ring (bicyclic) bond motifs is 1. The molecule has 1 amide bonds. The molecule has 30 heavy (non-hydrogen) atoms. The number of carbonyl (C=O) groups is 2. The SMILES string of the molecule is CC1Cc2cc(/C(O)=C3\C(=O)C(=O)N(CCN(C)C)C3c3ccncc3)ccc2O1. The van der Waals surface area contributed by atoms with Crippen molar-refractivity contribution >= 4 is 17.4 Å². The molecule has 2 aliphatic rings. The molecule has 0 spiro atoms. The maximum absolute atomic E-state index is 13.0. The topological polar surface area (TPSA) is 83.0 Å². The van der Waals surface area contributed by atoms with Crippen molar-refractivity contribution in [2.24, 2.45) is 0 Å². The Morgan fingerprint density at radius 3 is 2.67 bits per heavy atom. The number of likely N-dealkylation sites (N-methyl/N-ethyl adjacent to an activating group) is 1. The molecular formula is C23H25N3O4. The highest BCUT2D eigenvalue weighted by molar-refractivity contribution is 6.46. The van der Waals surface area contributed by atoms with Crippen molar-refractivity contribution in [1.29, 1.82) is 0 Å². The number of benzene rings is 1. The molecule has 0 aliphatic carbocycles. The van der Waals surface area contributed by atoms with Crippen LogP contribution < -0.4 is 4.74 Å². The lowest BCUT2D eigenvalue weighted by molar-refractivity contribution is -0.140.